The Bertz CT molecular complexity index is 748. The van der Waals surface area contributed by atoms with Crippen LogP contribution in [-0.4, -0.2) is 60.9 Å². The predicted octanol–water partition coefficient (Wildman–Crippen LogP) is 2.35. The lowest BCUT2D eigenvalue weighted by Crippen LogP contribution is -2.50. The molecular formula is C22H29N3O3. The number of benzene rings is 1. The van der Waals surface area contributed by atoms with Crippen molar-refractivity contribution in [1.29, 1.82) is 0 Å². The summed E-state index contributed by atoms with van der Waals surface area (Å²) in [6.45, 7) is 6.57. The third-order valence-corrected chi connectivity index (χ3v) is 5.21. The first kappa shape index (κ1) is 20.1. The minimum Gasteiger partial charge on any atom is -0.459 e. The smallest absolute Gasteiger partial charge is 0.289 e. The van der Waals surface area contributed by atoms with Gasteiger partial charge in [-0.1, -0.05) is 31.2 Å². The Morgan fingerprint density at radius 1 is 1.04 bits per heavy atom. The van der Waals surface area contributed by atoms with E-state index < -0.39 is 0 Å². The van der Waals surface area contributed by atoms with Crippen molar-refractivity contribution in [3.63, 3.8) is 0 Å². The summed E-state index contributed by atoms with van der Waals surface area (Å²) in [5, 5.41) is 3.00. The van der Waals surface area contributed by atoms with Crippen LogP contribution < -0.4 is 5.32 Å². The third-order valence-electron chi connectivity index (χ3n) is 5.21. The minimum absolute atomic E-state index is 0.0510. The van der Waals surface area contributed by atoms with Gasteiger partial charge in [-0.25, -0.2) is 0 Å². The van der Waals surface area contributed by atoms with E-state index in [1.165, 1.54) is 17.4 Å². The molecule has 0 radical (unpaired) electrons. The topological polar surface area (TPSA) is 65.8 Å². The number of furan rings is 1. The molecule has 0 saturated carbocycles. The minimum atomic E-state index is -0.0510. The Hall–Kier alpha value is -2.60. The molecule has 1 N–H and O–H groups in total. The van der Waals surface area contributed by atoms with Crippen LogP contribution >= 0.6 is 0 Å². The van der Waals surface area contributed by atoms with E-state index in [0.29, 0.717) is 31.8 Å². The number of aryl methyl sites for hydroxylation is 2. The van der Waals surface area contributed by atoms with Crippen molar-refractivity contribution in [1.82, 2.24) is 15.1 Å². The lowest BCUT2D eigenvalue weighted by molar-refractivity contribution is -0.121. The van der Waals surface area contributed by atoms with E-state index in [4.69, 9.17) is 4.42 Å². The van der Waals surface area contributed by atoms with Crippen LogP contribution in [0.2, 0.25) is 0 Å². The molecule has 3 rings (SSSR count). The van der Waals surface area contributed by atoms with Crippen LogP contribution in [0.15, 0.2) is 47.1 Å². The highest BCUT2D eigenvalue weighted by Gasteiger charge is 2.23. The number of carbonyl (C=O) groups is 2. The average Bonchev–Trinajstić information content (AvgIpc) is 3.27. The van der Waals surface area contributed by atoms with E-state index in [1.54, 1.807) is 12.1 Å². The summed E-state index contributed by atoms with van der Waals surface area (Å²) in [4.78, 5) is 28.4. The van der Waals surface area contributed by atoms with Gasteiger partial charge in [-0.2, -0.15) is 0 Å². The summed E-state index contributed by atoms with van der Waals surface area (Å²) in [5.41, 5.74) is 2.52. The third kappa shape index (κ3) is 5.70. The first-order chi connectivity index (χ1) is 13.7. The maximum Gasteiger partial charge on any atom is 0.289 e. The van der Waals surface area contributed by atoms with Gasteiger partial charge >= 0.3 is 0 Å². The average molecular weight is 383 g/mol. The summed E-state index contributed by atoms with van der Waals surface area (Å²) in [6, 6.07) is 11.9. The molecule has 0 atom stereocenters. The van der Waals surface area contributed by atoms with Gasteiger partial charge in [0, 0.05) is 45.7 Å². The molecule has 0 aliphatic carbocycles. The normalized spacial score (nSPS) is 14.8. The van der Waals surface area contributed by atoms with Crippen molar-refractivity contribution in [3.8, 4) is 0 Å². The maximum absolute atomic E-state index is 12.3. The summed E-state index contributed by atoms with van der Waals surface area (Å²) < 4.78 is 5.18. The van der Waals surface area contributed by atoms with Crippen LogP contribution in [0.1, 0.15) is 35.0 Å². The van der Waals surface area contributed by atoms with Crippen molar-refractivity contribution in [2.24, 2.45) is 0 Å². The Morgan fingerprint density at radius 3 is 2.39 bits per heavy atom. The number of rotatable bonds is 8. The number of hydrogen-bond acceptors (Lipinski definition) is 4. The molecule has 1 saturated heterocycles. The van der Waals surface area contributed by atoms with E-state index >= 15 is 0 Å². The quantitative estimate of drug-likeness (QED) is 0.760. The molecule has 6 nitrogen and oxygen atoms in total. The molecule has 1 aromatic carbocycles. The second-order valence-corrected chi connectivity index (χ2v) is 7.13. The van der Waals surface area contributed by atoms with E-state index in [0.717, 1.165) is 32.5 Å². The van der Waals surface area contributed by atoms with Gasteiger partial charge in [0.25, 0.3) is 5.91 Å². The molecule has 0 unspecified atom stereocenters. The van der Waals surface area contributed by atoms with Gasteiger partial charge in [0.2, 0.25) is 5.91 Å². The molecule has 0 spiro atoms. The molecule has 2 amide bonds. The first-order valence-electron chi connectivity index (χ1n) is 10.1. The molecule has 1 fully saturated rings. The fourth-order valence-electron chi connectivity index (χ4n) is 3.37. The Labute approximate surface area is 166 Å². The largest absolute Gasteiger partial charge is 0.459 e. The highest BCUT2D eigenvalue weighted by molar-refractivity contribution is 5.91. The van der Waals surface area contributed by atoms with Crippen molar-refractivity contribution in [2.45, 2.75) is 26.2 Å². The lowest BCUT2D eigenvalue weighted by atomic mass is 10.1. The van der Waals surface area contributed by atoms with E-state index in [2.05, 4.69) is 41.4 Å². The number of hydrogen-bond donors (Lipinski definition) is 1. The SMILES string of the molecule is CCc1ccc(CCC(=O)NCCN2CCN(C(=O)c3ccco3)CC2)cc1. The lowest BCUT2D eigenvalue weighted by Gasteiger charge is -2.34. The molecule has 1 aromatic heterocycles. The molecule has 150 valence electrons. The number of carbonyl (C=O) groups excluding carboxylic acids is 2. The monoisotopic (exact) mass is 383 g/mol. The van der Waals surface area contributed by atoms with Crippen LogP contribution in [0.4, 0.5) is 0 Å². The molecule has 6 heteroatoms. The molecule has 28 heavy (non-hydrogen) atoms. The van der Waals surface area contributed by atoms with Gasteiger partial charge in [0.1, 0.15) is 0 Å². The molecule has 1 aliphatic heterocycles. The maximum atomic E-state index is 12.3. The zero-order valence-electron chi connectivity index (χ0n) is 16.5. The van der Waals surface area contributed by atoms with Crippen LogP contribution in [0.3, 0.4) is 0 Å². The first-order valence-corrected chi connectivity index (χ1v) is 10.1. The molecule has 2 aromatic rings. The Balaban J connectivity index is 1.30. The van der Waals surface area contributed by atoms with Gasteiger partial charge in [0.15, 0.2) is 5.76 Å². The van der Waals surface area contributed by atoms with Crippen LogP contribution in [-0.2, 0) is 17.6 Å². The van der Waals surface area contributed by atoms with E-state index in [9.17, 15) is 9.59 Å². The fraction of sp³-hybridized carbons (Fsp3) is 0.455. The van der Waals surface area contributed by atoms with Crippen molar-refractivity contribution < 1.29 is 14.0 Å². The van der Waals surface area contributed by atoms with Gasteiger partial charge in [-0.05, 0) is 36.1 Å². The Morgan fingerprint density at radius 2 is 1.75 bits per heavy atom. The number of nitrogens with one attached hydrogen (secondary N) is 1. The number of piperazine rings is 1. The van der Waals surface area contributed by atoms with Gasteiger partial charge in [-0.3, -0.25) is 14.5 Å². The highest BCUT2D eigenvalue weighted by atomic mass is 16.3. The zero-order valence-corrected chi connectivity index (χ0v) is 16.5. The van der Waals surface area contributed by atoms with Crippen LogP contribution in [0, 0.1) is 0 Å². The summed E-state index contributed by atoms with van der Waals surface area (Å²) in [6.07, 6.45) is 3.83. The second kappa shape index (κ2) is 10.1. The standard InChI is InChI=1S/C22H29N3O3/c1-2-18-5-7-19(8-6-18)9-10-21(26)23-11-12-24-13-15-25(16-14-24)22(27)20-4-3-17-28-20/h3-8,17H,2,9-16H2,1H3,(H,23,26). The summed E-state index contributed by atoms with van der Waals surface area (Å²) in [5.74, 6) is 0.432. The zero-order chi connectivity index (χ0) is 19.8. The van der Waals surface area contributed by atoms with Gasteiger partial charge in [-0.15, -0.1) is 0 Å². The van der Waals surface area contributed by atoms with Gasteiger partial charge in [0.05, 0.1) is 6.26 Å². The summed E-state index contributed by atoms with van der Waals surface area (Å²) >= 11 is 0. The summed E-state index contributed by atoms with van der Waals surface area (Å²) in [7, 11) is 0. The molecule has 1 aliphatic rings. The highest BCUT2D eigenvalue weighted by Crippen LogP contribution is 2.09. The second-order valence-electron chi connectivity index (χ2n) is 7.13. The van der Waals surface area contributed by atoms with Crippen LogP contribution in [0.25, 0.3) is 0 Å². The van der Waals surface area contributed by atoms with Crippen molar-refractivity contribution in [3.05, 3.63) is 59.5 Å². The van der Waals surface area contributed by atoms with E-state index in [-0.39, 0.29) is 11.8 Å². The van der Waals surface area contributed by atoms with Crippen LogP contribution in [0.5, 0.6) is 0 Å². The molecular weight excluding hydrogens is 354 g/mol. The van der Waals surface area contributed by atoms with Crippen molar-refractivity contribution in [2.75, 3.05) is 39.3 Å². The molecule has 0 bridgehead atoms. The fourth-order valence-corrected chi connectivity index (χ4v) is 3.37. The number of amides is 2. The Kier molecular flexibility index (Phi) is 7.25. The van der Waals surface area contributed by atoms with Gasteiger partial charge < -0.3 is 14.6 Å². The van der Waals surface area contributed by atoms with E-state index in [1.807, 2.05) is 4.90 Å². The number of nitrogens with zero attached hydrogens (tertiary/aromatic N) is 2. The predicted molar refractivity (Wildman–Crippen MR) is 108 cm³/mol. The van der Waals surface area contributed by atoms with Crippen molar-refractivity contribution >= 4 is 11.8 Å². The molecule has 2 heterocycles.